The highest BCUT2D eigenvalue weighted by atomic mass is 79.9. The molecule has 1 aromatic heterocycles. The van der Waals surface area contributed by atoms with Crippen LogP contribution < -0.4 is 0 Å². The fourth-order valence-electron chi connectivity index (χ4n) is 2.59. The van der Waals surface area contributed by atoms with E-state index in [4.69, 9.17) is 0 Å². The molecular weight excluding hydrogens is 270 g/mol. The summed E-state index contributed by atoms with van der Waals surface area (Å²) < 4.78 is 1.27. The molecule has 0 N–H and O–H groups in total. The van der Waals surface area contributed by atoms with Crippen molar-refractivity contribution in [2.24, 2.45) is 0 Å². The normalized spacial score (nSPS) is 21.9. The quantitative estimate of drug-likeness (QED) is 0.765. The van der Waals surface area contributed by atoms with Gasteiger partial charge in [0.2, 0.25) is 0 Å². The van der Waals surface area contributed by atoms with Crippen LogP contribution in [0, 0.1) is 11.3 Å². The maximum absolute atomic E-state index is 9.34. The Hall–Kier alpha value is -0.330. The van der Waals surface area contributed by atoms with E-state index >= 15 is 0 Å². The third-order valence-electron chi connectivity index (χ3n) is 3.71. The van der Waals surface area contributed by atoms with E-state index in [0.717, 1.165) is 12.8 Å². The summed E-state index contributed by atoms with van der Waals surface area (Å²) in [6.45, 7) is 0. The maximum atomic E-state index is 9.34. The molecule has 3 rings (SSSR count). The van der Waals surface area contributed by atoms with Gasteiger partial charge in [0.1, 0.15) is 0 Å². The van der Waals surface area contributed by atoms with Gasteiger partial charge >= 0.3 is 0 Å². The summed E-state index contributed by atoms with van der Waals surface area (Å²) in [6, 6.07) is 2.54. The predicted octanol–water partition coefficient (Wildman–Crippen LogP) is 3.94. The second-order valence-corrected chi connectivity index (χ2v) is 6.45. The first-order valence-corrected chi connectivity index (χ1v) is 7.09. The molecule has 2 aliphatic rings. The van der Waals surface area contributed by atoms with Gasteiger partial charge in [-0.25, -0.2) is 0 Å². The van der Waals surface area contributed by atoms with Crippen molar-refractivity contribution in [3.8, 4) is 6.07 Å². The summed E-state index contributed by atoms with van der Waals surface area (Å²) in [5, 5.41) is 9.34. The fraction of sp³-hybridized carbons (Fsp3) is 0.583. The zero-order valence-corrected chi connectivity index (χ0v) is 10.9. The molecule has 2 aliphatic carbocycles. The molecular formula is C12H12BrNS. The van der Waals surface area contributed by atoms with Crippen molar-refractivity contribution in [3.63, 3.8) is 0 Å². The number of fused-ring (bicyclic) bond motifs is 1. The summed E-state index contributed by atoms with van der Waals surface area (Å²) in [6.07, 6.45) is 7.04. The van der Waals surface area contributed by atoms with Crippen LogP contribution in [0.3, 0.4) is 0 Å². The Morgan fingerprint density at radius 1 is 1.27 bits per heavy atom. The average molecular weight is 282 g/mol. The number of aryl methyl sites for hydroxylation is 1. The number of nitrogens with zero attached hydrogens (tertiary/aromatic N) is 1. The minimum absolute atomic E-state index is 0.131. The Morgan fingerprint density at radius 3 is 2.60 bits per heavy atom. The maximum Gasteiger partial charge on any atom is 0.0926 e. The summed E-state index contributed by atoms with van der Waals surface area (Å²) in [5.41, 5.74) is 1.37. The van der Waals surface area contributed by atoms with Crippen molar-refractivity contribution in [3.05, 3.63) is 19.8 Å². The molecule has 0 bridgehead atoms. The van der Waals surface area contributed by atoms with Gasteiger partial charge in [-0.15, -0.1) is 11.3 Å². The number of thiophene rings is 1. The van der Waals surface area contributed by atoms with Crippen molar-refractivity contribution in [1.82, 2.24) is 0 Å². The van der Waals surface area contributed by atoms with E-state index < -0.39 is 0 Å². The Labute approximate surface area is 102 Å². The zero-order valence-electron chi connectivity index (χ0n) is 8.48. The van der Waals surface area contributed by atoms with Crippen LogP contribution >= 0.6 is 27.3 Å². The van der Waals surface area contributed by atoms with Gasteiger partial charge < -0.3 is 0 Å². The predicted molar refractivity (Wildman–Crippen MR) is 65.2 cm³/mol. The van der Waals surface area contributed by atoms with Crippen molar-refractivity contribution < 1.29 is 0 Å². The van der Waals surface area contributed by atoms with Crippen molar-refractivity contribution in [2.45, 2.75) is 43.9 Å². The lowest BCUT2D eigenvalue weighted by molar-refractivity contribution is 0.329. The topological polar surface area (TPSA) is 23.8 Å². The van der Waals surface area contributed by atoms with Crippen LogP contribution in [0.5, 0.6) is 0 Å². The number of hydrogen-bond donors (Lipinski definition) is 0. The molecule has 0 aliphatic heterocycles. The summed E-state index contributed by atoms with van der Waals surface area (Å²) in [4.78, 5) is 2.85. The number of hydrogen-bond acceptors (Lipinski definition) is 2. The molecule has 78 valence electrons. The molecule has 0 radical (unpaired) electrons. The van der Waals surface area contributed by atoms with Gasteiger partial charge in [0.05, 0.1) is 11.5 Å². The van der Waals surface area contributed by atoms with E-state index in [2.05, 4.69) is 22.0 Å². The third-order valence-corrected chi connectivity index (χ3v) is 6.35. The van der Waals surface area contributed by atoms with Crippen LogP contribution in [0.25, 0.3) is 0 Å². The number of halogens is 1. The van der Waals surface area contributed by atoms with Gasteiger partial charge in [0.25, 0.3) is 0 Å². The molecule has 3 heteroatoms. The lowest BCUT2D eigenvalue weighted by Gasteiger charge is -2.34. The standard InChI is InChI=1S/C12H12BrNS/c13-10-8-3-1-4-9(8)15-11(10)12(7-14)5-2-6-12/h1-6H2. The fourth-order valence-corrected chi connectivity index (χ4v) is 5.26. The Kier molecular flexibility index (Phi) is 2.19. The second kappa shape index (κ2) is 3.33. The molecule has 0 aromatic carbocycles. The molecule has 1 aromatic rings. The average Bonchev–Trinajstić information content (AvgIpc) is 2.71. The van der Waals surface area contributed by atoms with Crippen molar-refractivity contribution >= 4 is 27.3 Å². The molecule has 15 heavy (non-hydrogen) atoms. The molecule has 1 fully saturated rings. The SMILES string of the molecule is N#CC1(c2sc3c(c2Br)CCC3)CCC1. The monoisotopic (exact) mass is 281 g/mol. The van der Waals surface area contributed by atoms with E-state index in [9.17, 15) is 5.26 Å². The minimum Gasteiger partial charge on any atom is -0.197 e. The molecule has 0 saturated heterocycles. The van der Waals surface area contributed by atoms with Gasteiger partial charge in [-0.2, -0.15) is 5.26 Å². The van der Waals surface area contributed by atoms with E-state index in [1.54, 1.807) is 0 Å². The van der Waals surface area contributed by atoms with E-state index in [1.165, 1.54) is 45.5 Å². The zero-order chi connectivity index (χ0) is 10.5. The van der Waals surface area contributed by atoms with Crippen LogP contribution in [0.1, 0.15) is 41.0 Å². The van der Waals surface area contributed by atoms with Crippen LogP contribution in [0.2, 0.25) is 0 Å². The van der Waals surface area contributed by atoms with Gasteiger partial charge in [-0.3, -0.25) is 0 Å². The second-order valence-electron chi connectivity index (χ2n) is 4.55. The first-order chi connectivity index (χ1) is 7.27. The Balaban J connectivity index is 2.10. The van der Waals surface area contributed by atoms with E-state index in [-0.39, 0.29) is 5.41 Å². The van der Waals surface area contributed by atoms with E-state index in [1.807, 2.05) is 11.3 Å². The lowest BCUT2D eigenvalue weighted by atomic mass is 9.69. The molecule has 0 spiro atoms. The molecule has 1 nitrogen and oxygen atoms in total. The summed E-state index contributed by atoms with van der Waals surface area (Å²) in [5.74, 6) is 0. The lowest BCUT2D eigenvalue weighted by Crippen LogP contribution is -2.31. The summed E-state index contributed by atoms with van der Waals surface area (Å²) >= 11 is 5.60. The van der Waals surface area contributed by atoms with Crippen molar-refractivity contribution in [2.75, 3.05) is 0 Å². The molecule has 0 unspecified atom stereocenters. The number of nitriles is 1. The highest BCUT2D eigenvalue weighted by Gasteiger charge is 2.43. The van der Waals surface area contributed by atoms with Crippen LogP contribution in [-0.2, 0) is 18.3 Å². The smallest absolute Gasteiger partial charge is 0.0926 e. The van der Waals surface area contributed by atoms with Gasteiger partial charge in [-0.1, -0.05) is 0 Å². The molecule has 1 saturated carbocycles. The van der Waals surface area contributed by atoms with Crippen LogP contribution in [0.4, 0.5) is 0 Å². The van der Waals surface area contributed by atoms with Gasteiger partial charge in [-0.05, 0) is 60.0 Å². The minimum atomic E-state index is -0.131. The summed E-state index contributed by atoms with van der Waals surface area (Å²) in [7, 11) is 0. The number of rotatable bonds is 1. The van der Waals surface area contributed by atoms with Gasteiger partial charge in [0, 0.05) is 14.2 Å². The highest BCUT2D eigenvalue weighted by Crippen LogP contribution is 2.52. The first-order valence-electron chi connectivity index (χ1n) is 5.49. The largest absolute Gasteiger partial charge is 0.197 e. The third kappa shape index (κ3) is 1.24. The first kappa shape index (κ1) is 9.86. The molecule has 0 amide bonds. The van der Waals surface area contributed by atoms with Crippen LogP contribution in [0.15, 0.2) is 4.47 Å². The molecule has 0 atom stereocenters. The molecule has 1 heterocycles. The van der Waals surface area contributed by atoms with E-state index in [0.29, 0.717) is 0 Å². The highest BCUT2D eigenvalue weighted by molar-refractivity contribution is 9.10. The van der Waals surface area contributed by atoms with Crippen molar-refractivity contribution in [1.29, 1.82) is 5.26 Å². The Bertz CT molecular complexity index is 451. The van der Waals surface area contributed by atoms with Crippen LogP contribution in [-0.4, -0.2) is 0 Å². The Morgan fingerprint density at radius 2 is 2.07 bits per heavy atom. The van der Waals surface area contributed by atoms with Gasteiger partial charge in [0.15, 0.2) is 0 Å².